The van der Waals surface area contributed by atoms with Crippen LogP contribution in [0.4, 0.5) is 0 Å². The highest BCUT2D eigenvalue weighted by Gasteiger charge is 2.22. The maximum atomic E-state index is 11.7. The van der Waals surface area contributed by atoms with Gasteiger partial charge in [-0.3, -0.25) is 0 Å². The molecule has 1 aromatic rings. The Morgan fingerprint density at radius 1 is 1.42 bits per heavy atom. The normalized spacial score (nSPS) is 12.5. The van der Waals surface area contributed by atoms with Crippen LogP contribution in [0.25, 0.3) is 0 Å². The van der Waals surface area contributed by atoms with Crippen LogP contribution in [0.2, 0.25) is 0 Å². The Kier molecular flexibility index (Phi) is 4.42. The van der Waals surface area contributed by atoms with Gasteiger partial charge in [0.1, 0.15) is 10.7 Å². The van der Waals surface area contributed by atoms with Crippen LogP contribution in [0.5, 0.6) is 0 Å². The van der Waals surface area contributed by atoms with E-state index in [1.54, 1.807) is 0 Å². The van der Waals surface area contributed by atoms with E-state index in [1.165, 1.54) is 6.92 Å². The number of carbonyl (C=O) groups excluding carboxylic acids is 1. The number of rotatable bonds is 4. The molecule has 0 aliphatic rings. The quantitative estimate of drug-likeness (QED) is 0.852. The Morgan fingerprint density at radius 2 is 2.00 bits per heavy atom. The van der Waals surface area contributed by atoms with Gasteiger partial charge in [-0.1, -0.05) is 20.8 Å². The monoisotopic (exact) mass is 289 g/mol. The standard InChI is InChI=1S/C12H19NO5S/c1-8-10(19(13,15)16)7-9(18-8)11(14)17-6-5-12(2,3)4/h7H,5-6H2,1-4H3,(H2,13,15,16). The summed E-state index contributed by atoms with van der Waals surface area (Å²) in [6.07, 6.45) is 0.695. The van der Waals surface area contributed by atoms with Crippen LogP contribution in [0, 0.1) is 12.3 Å². The van der Waals surface area contributed by atoms with E-state index in [4.69, 9.17) is 14.3 Å². The lowest BCUT2D eigenvalue weighted by atomic mass is 9.93. The predicted molar refractivity (Wildman–Crippen MR) is 69.2 cm³/mol. The lowest BCUT2D eigenvalue weighted by Gasteiger charge is -2.17. The highest BCUT2D eigenvalue weighted by atomic mass is 32.2. The van der Waals surface area contributed by atoms with Gasteiger partial charge in [0.2, 0.25) is 15.8 Å². The van der Waals surface area contributed by atoms with Crippen molar-refractivity contribution < 1.29 is 22.4 Å². The summed E-state index contributed by atoms with van der Waals surface area (Å²) < 4.78 is 32.5. The summed E-state index contributed by atoms with van der Waals surface area (Å²) >= 11 is 0. The lowest BCUT2D eigenvalue weighted by molar-refractivity contribution is 0.0427. The van der Waals surface area contributed by atoms with E-state index in [9.17, 15) is 13.2 Å². The van der Waals surface area contributed by atoms with Gasteiger partial charge in [-0.25, -0.2) is 18.4 Å². The molecule has 1 rings (SSSR count). The second-order valence-electron chi connectivity index (χ2n) is 5.52. The Labute approximate surface area is 113 Å². The first-order valence-electron chi connectivity index (χ1n) is 5.81. The van der Waals surface area contributed by atoms with Gasteiger partial charge in [0.25, 0.3) is 0 Å². The maximum Gasteiger partial charge on any atom is 0.374 e. The third kappa shape index (κ3) is 4.68. The number of nitrogens with two attached hydrogens (primary N) is 1. The zero-order valence-electron chi connectivity index (χ0n) is 11.5. The summed E-state index contributed by atoms with van der Waals surface area (Å²) in [5.74, 6) is -0.775. The minimum Gasteiger partial charge on any atom is -0.460 e. The molecule has 7 heteroatoms. The van der Waals surface area contributed by atoms with Gasteiger partial charge < -0.3 is 9.15 Å². The van der Waals surface area contributed by atoms with Crippen molar-refractivity contribution in [1.82, 2.24) is 0 Å². The van der Waals surface area contributed by atoms with Crippen molar-refractivity contribution in [3.63, 3.8) is 0 Å². The maximum absolute atomic E-state index is 11.7. The number of hydrogen-bond acceptors (Lipinski definition) is 5. The van der Waals surface area contributed by atoms with Crippen LogP contribution in [0.15, 0.2) is 15.4 Å². The van der Waals surface area contributed by atoms with Crippen molar-refractivity contribution in [2.45, 2.75) is 39.0 Å². The summed E-state index contributed by atoms with van der Waals surface area (Å²) in [7, 11) is -3.89. The van der Waals surface area contributed by atoms with Crippen molar-refractivity contribution >= 4 is 16.0 Å². The molecule has 108 valence electrons. The smallest absolute Gasteiger partial charge is 0.374 e. The molecule has 0 spiro atoms. The fourth-order valence-electron chi connectivity index (χ4n) is 1.37. The van der Waals surface area contributed by atoms with Crippen LogP contribution in [-0.4, -0.2) is 21.0 Å². The Bertz CT molecular complexity index is 565. The van der Waals surface area contributed by atoms with Crippen molar-refractivity contribution in [3.05, 3.63) is 17.6 Å². The topological polar surface area (TPSA) is 99.6 Å². The molecule has 0 amide bonds. The number of sulfonamides is 1. The first kappa shape index (κ1) is 15.7. The van der Waals surface area contributed by atoms with E-state index < -0.39 is 16.0 Å². The number of carbonyl (C=O) groups is 1. The molecule has 2 N–H and O–H groups in total. The molecule has 0 saturated heterocycles. The van der Waals surface area contributed by atoms with Gasteiger partial charge in [-0.15, -0.1) is 0 Å². The summed E-state index contributed by atoms with van der Waals surface area (Å²) in [5.41, 5.74) is 0.0467. The van der Waals surface area contributed by atoms with Crippen LogP contribution in [0.3, 0.4) is 0 Å². The molecule has 1 aromatic heterocycles. The minimum atomic E-state index is -3.89. The van der Waals surface area contributed by atoms with Crippen molar-refractivity contribution in [2.24, 2.45) is 10.6 Å². The number of primary sulfonamides is 1. The molecule has 0 saturated carbocycles. The summed E-state index contributed by atoms with van der Waals surface area (Å²) in [6.45, 7) is 7.74. The van der Waals surface area contributed by atoms with Crippen molar-refractivity contribution in [2.75, 3.05) is 6.61 Å². The minimum absolute atomic E-state index is 0.0467. The highest BCUT2D eigenvalue weighted by molar-refractivity contribution is 7.89. The highest BCUT2D eigenvalue weighted by Crippen LogP contribution is 2.21. The van der Waals surface area contributed by atoms with Crippen LogP contribution in [0.1, 0.15) is 43.5 Å². The van der Waals surface area contributed by atoms with E-state index >= 15 is 0 Å². The van der Waals surface area contributed by atoms with Crippen molar-refractivity contribution in [1.29, 1.82) is 0 Å². The zero-order chi connectivity index (χ0) is 14.8. The molecule has 6 nitrogen and oxygen atoms in total. The molecule has 0 fully saturated rings. The van der Waals surface area contributed by atoms with Gasteiger partial charge >= 0.3 is 5.97 Å². The molecule has 0 bridgehead atoms. The largest absolute Gasteiger partial charge is 0.460 e. The molecular weight excluding hydrogens is 270 g/mol. The molecule has 1 heterocycles. The third-order valence-corrected chi connectivity index (χ3v) is 3.48. The molecular formula is C12H19NO5S. The Balaban J connectivity index is 2.74. The molecule has 0 aromatic carbocycles. The molecule has 0 unspecified atom stereocenters. The van der Waals surface area contributed by atoms with E-state index in [0.717, 1.165) is 6.07 Å². The molecule has 19 heavy (non-hydrogen) atoms. The van der Waals surface area contributed by atoms with Gasteiger partial charge in [0, 0.05) is 6.07 Å². The molecule has 0 aliphatic heterocycles. The van der Waals surface area contributed by atoms with Crippen LogP contribution in [-0.2, 0) is 14.8 Å². The fourth-order valence-corrected chi connectivity index (χ4v) is 2.08. The number of furan rings is 1. The van der Waals surface area contributed by atoms with Gasteiger partial charge in [-0.2, -0.15) is 0 Å². The number of aryl methyl sites for hydroxylation is 1. The third-order valence-electron chi connectivity index (χ3n) is 2.47. The van der Waals surface area contributed by atoms with E-state index in [-0.39, 0.29) is 28.4 Å². The van der Waals surface area contributed by atoms with Gasteiger partial charge in [0.05, 0.1) is 6.61 Å². The first-order valence-corrected chi connectivity index (χ1v) is 7.36. The predicted octanol–water partition coefficient (Wildman–Crippen LogP) is 1.83. The fraction of sp³-hybridized carbons (Fsp3) is 0.583. The molecule has 0 aliphatic carbocycles. The summed E-state index contributed by atoms with van der Waals surface area (Å²) in [4.78, 5) is 11.5. The van der Waals surface area contributed by atoms with E-state index in [2.05, 4.69) is 0 Å². The second kappa shape index (κ2) is 5.34. The average Bonchev–Trinajstić information content (AvgIpc) is 2.57. The van der Waals surface area contributed by atoms with Crippen molar-refractivity contribution in [3.8, 4) is 0 Å². The average molecular weight is 289 g/mol. The SMILES string of the molecule is Cc1oc(C(=O)OCCC(C)(C)C)cc1S(N)(=O)=O. The Hall–Kier alpha value is -1.34. The van der Waals surface area contributed by atoms with E-state index in [1.807, 2.05) is 20.8 Å². The second-order valence-corrected chi connectivity index (χ2v) is 7.05. The number of esters is 1. The molecule has 0 atom stereocenters. The summed E-state index contributed by atoms with van der Waals surface area (Å²) in [5, 5.41) is 4.99. The van der Waals surface area contributed by atoms with Crippen LogP contribution >= 0.6 is 0 Å². The van der Waals surface area contributed by atoms with Crippen LogP contribution < -0.4 is 5.14 Å². The zero-order valence-corrected chi connectivity index (χ0v) is 12.3. The first-order chi connectivity index (χ1) is 8.50. The number of hydrogen-bond donors (Lipinski definition) is 1. The lowest BCUT2D eigenvalue weighted by Crippen LogP contribution is -2.13. The van der Waals surface area contributed by atoms with Gasteiger partial charge in [0.15, 0.2) is 0 Å². The Morgan fingerprint density at radius 3 is 2.42 bits per heavy atom. The molecule has 0 radical (unpaired) electrons. The van der Waals surface area contributed by atoms with E-state index in [0.29, 0.717) is 6.42 Å². The summed E-state index contributed by atoms with van der Waals surface area (Å²) in [6, 6.07) is 1.09. The van der Waals surface area contributed by atoms with Gasteiger partial charge in [-0.05, 0) is 18.8 Å². The number of ether oxygens (including phenoxy) is 1.